The second-order valence-electron chi connectivity index (χ2n) is 8.21. The molecule has 6 nitrogen and oxygen atoms in total. The Morgan fingerprint density at radius 3 is 2.86 bits per heavy atom. The van der Waals surface area contributed by atoms with Crippen molar-refractivity contribution in [2.24, 2.45) is 5.92 Å². The molecule has 1 saturated carbocycles. The number of amides is 1. The Bertz CT molecular complexity index is 752. The van der Waals surface area contributed by atoms with Gasteiger partial charge in [-0.05, 0) is 30.9 Å². The van der Waals surface area contributed by atoms with E-state index < -0.39 is 0 Å². The molecule has 1 aliphatic carbocycles. The van der Waals surface area contributed by atoms with Gasteiger partial charge in [0.15, 0.2) is 10.8 Å². The molecule has 0 spiro atoms. The zero-order chi connectivity index (χ0) is 19.3. The van der Waals surface area contributed by atoms with Crippen LogP contribution in [0.3, 0.4) is 0 Å². The first-order valence-corrected chi connectivity index (χ1v) is 11.3. The number of nitrogens with zero attached hydrogens (tertiary/aromatic N) is 3. The fraction of sp³-hybridized carbons (Fsp3) is 0.619. The van der Waals surface area contributed by atoms with Crippen molar-refractivity contribution >= 4 is 17.2 Å². The molecular weight excluding hydrogens is 372 g/mol. The fourth-order valence-corrected chi connectivity index (χ4v) is 5.05. The van der Waals surface area contributed by atoms with Gasteiger partial charge in [0.05, 0.1) is 18.5 Å². The van der Waals surface area contributed by atoms with Crippen LogP contribution in [0.5, 0.6) is 0 Å². The molecule has 1 aliphatic heterocycles. The maximum absolute atomic E-state index is 12.4. The molecule has 0 aromatic carbocycles. The van der Waals surface area contributed by atoms with Crippen molar-refractivity contribution in [1.29, 1.82) is 0 Å². The fourth-order valence-electron chi connectivity index (χ4n) is 4.27. The molecule has 0 bridgehead atoms. The van der Waals surface area contributed by atoms with E-state index in [2.05, 4.69) is 27.4 Å². The van der Waals surface area contributed by atoms with Gasteiger partial charge >= 0.3 is 0 Å². The zero-order valence-electron chi connectivity index (χ0n) is 16.6. The number of hydrogen-bond acceptors (Lipinski definition) is 6. The molecule has 0 radical (unpaired) electrons. The van der Waals surface area contributed by atoms with Crippen LogP contribution in [0.4, 0.5) is 0 Å². The summed E-state index contributed by atoms with van der Waals surface area (Å²) in [7, 11) is 0. The van der Waals surface area contributed by atoms with Gasteiger partial charge in [-0.15, -0.1) is 11.3 Å². The van der Waals surface area contributed by atoms with Gasteiger partial charge in [0.1, 0.15) is 0 Å². The van der Waals surface area contributed by atoms with Crippen LogP contribution in [0, 0.1) is 5.92 Å². The molecule has 152 valence electrons. The first kappa shape index (κ1) is 19.6. The SMILES string of the molecule is CC1CCCC(NC(=O)CN2CCN(Cc3csc(-c4ccco4)n3)CC2)C1. The van der Waals surface area contributed by atoms with Crippen LogP contribution in [0.1, 0.15) is 38.3 Å². The molecule has 1 saturated heterocycles. The van der Waals surface area contributed by atoms with Crippen LogP contribution in [0.15, 0.2) is 28.2 Å². The maximum atomic E-state index is 12.4. The average molecular weight is 403 g/mol. The quantitative estimate of drug-likeness (QED) is 0.804. The van der Waals surface area contributed by atoms with Crippen molar-refractivity contribution in [3.63, 3.8) is 0 Å². The Hall–Kier alpha value is -1.70. The van der Waals surface area contributed by atoms with Crippen molar-refractivity contribution in [2.75, 3.05) is 32.7 Å². The monoisotopic (exact) mass is 402 g/mol. The van der Waals surface area contributed by atoms with Crippen LogP contribution < -0.4 is 5.32 Å². The lowest BCUT2D eigenvalue weighted by Crippen LogP contribution is -2.50. The first-order valence-electron chi connectivity index (χ1n) is 10.4. The lowest BCUT2D eigenvalue weighted by Gasteiger charge is -2.34. The predicted molar refractivity (Wildman–Crippen MR) is 111 cm³/mol. The highest BCUT2D eigenvalue weighted by atomic mass is 32.1. The van der Waals surface area contributed by atoms with Gasteiger partial charge < -0.3 is 9.73 Å². The van der Waals surface area contributed by atoms with Gasteiger partial charge in [-0.25, -0.2) is 4.98 Å². The summed E-state index contributed by atoms with van der Waals surface area (Å²) >= 11 is 1.63. The highest BCUT2D eigenvalue weighted by Crippen LogP contribution is 2.25. The molecule has 2 atom stereocenters. The lowest BCUT2D eigenvalue weighted by atomic mass is 9.87. The predicted octanol–water partition coefficient (Wildman–Crippen LogP) is 3.22. The number of rotatable bonds is 6. The molecule has 4 rings (SSSR count). The van der Waals surface area contributed by atoms with E-state index in [0.717, 1.165) is 67.9 Å². The summed E-state index contributed by atoms with van der Waals surface area (Å²) in [6, 6.07) is 4.21. The Morgan fingerprint density at radius 1 is 1.29 bits per heavy atom. The van der Waals surface area contributed by atoms with Gasteiger partial charge in [0, 0.05) is 44.1 Å². The molecular formula is C21H30N4O2S. The summed E-state index contributed by atoms with van der Waals surface area (Å²) in [5, 5.41) is 6.30. The van der Waals surface area contributed by atoms with Gasteiger partial charge in [-0.2, -0.15) is 0 Å². The van der Waals surface area contributed by atoms with Crippen molar-refractivity contribution < 1.29 is 9.21 Å². The van der Waals surface area contributed by atoms with E-state index in [-0.39, 0.29) is 5.91 Å². The van der Waals surface area contributed by atoms with E-state index in [1.54, 1.807) is 17.6 Å². The third-order valence-corrected chi connectivity index (χ3v) is 6.71. The van der Waals surface area contributed by atoms with E-state index in [4.69, 9.17) is 9.40 Å². The van der Waals surface area contributed by atoms with Crippen molar-refractivity contribution in [3.05, 3.63) is 29.5 Å². The number of nitrogens with one attached hydrogen (secondary N) is 1. The summed E-state index contributed by atoms with van der Waals surface area (Å²) in [5.41, 5.74) is 1.09. The van der Waals surface area contributed by atoms with Crippen LogP contribution in [-0.4, -0.2) is 59.5 Å². The second kappa shape index (κ2) is 9.20. The summed E-state index contributed by atoms with van der Waals surface area (Å²) in [6.07, 6.45) is 6.49. The van der Waals surface area contributed by atoms with Crippen LogP contribution in [0.25, 0.3) is 10.8 Å². The van der Waals surface area contributed by atoms with Gasteiger partial charge in [-0.3, -0.25) is 14.6 Å². The van der Waals surface area contributed by atoms with Gasteiger partial charge in [0.2, 0.25) is 5.91 Å². The third-order valence-electron chi connectivity index (χ3n) is 5.80. The summed E-state index contributed by atoms with van der Waals surface area (Å²) < 4.78 is 5.42. The minimum absolute atomic E-state index is 0.190. The first-order chi connectivity index (χ1) is 13.7. The Labute approximate surface area is 170 Å². The number of furan rings is 1. The summed E-state index contributed by atoms with van der Waals surface area (Å²) in [4.78, 5) is 21.8. The summed E-state index contributed by atoms with van der Waals surface area (Å²) in [6.45, 7) is 7.49. The van der Waals surface area contributed by atoms with Crippen molar-refractivity contribution in [3.8, 4) is 10.8 Å². The minimum atomic E-state index is 0.190. The van der Waals surface area contributed by atoms with E-state index in [1.165, 1.54) is 12.8 Å². The minimum Gasteiger partial charge on any atom is -0.462 e. The number of aromatic nitrogens is 1. The van der Waals surface area contributed by atoms with E-state index in [1.807, 2.05) is 12.1 Å². The third kappa shape index (κ3) is 5.21. The molecule has 2 aromatic heterocycles. The molecule has 3 heterocycles. The highest BCUT2D eigenvalue weighted by Gasteiger charge is 2.23. The number of piperazine rings is 1. The normalized spacial score (nSPS) is 24.3. The molecule has 2 aromatic rings. The van der Waals surface area contributed by atoms with Crippen LogP contribution >= 0.6 is 11.3 Å². The van der Waals surface area contributed by atoms with Crippen molar-refractivity contribution in [1.82, 2.24) is 20.1 Å². The zero-order valence-corrected chi connectivity index (χ0v) is 17.4. The largest absolute Gasteiger partial charge is 0.462 e. The molecule has 2 unspecified atom stereocenters. The standard InChI is InChI=1S/C21H30N4O2S/c1-16-4-2-5-17(12-16)22-20(26)14-25-9-7-24(8-10-25)13-18-15-28-21(23-18)19-6-3-11-27-19/h3,6,11,15-17H,2,4-5,7-10,12-14H2,1H3,(H,22,26). The molecule has 2 aliphatic rings. The summed E-state index contributed by atoms with van der Waals surface area (Å²) in [5.74, 6) is 1.76. The van der Waals surface area contributed by atoms with E-state index >= 15 is 0 Å². The highest BCUT2D eigenvalue weighted by molar-refractivity contribution is 7.13. The lowest BCUT2D eigenvalue weighted by molar-refractivity contribution is -0.123. The number of carbonyl (C=O) groups excluding carboxylic acids is 1. The van der Waals surface area contributed by atoms with Gasteiger partial charge in [0.25, 0.3) is 0 Å². The second-order valence-corrected chi connectivity index (χ2v) is 9.07. The number of thiazole rings is 1. The topological polar surface area (TPSA) is 61.6 Å². The Kier molecular flexibility index (Phi) is 6.44. The number of hydrogen-bond donors (Lipinski definition) is 1. The molecule has 1 N–H and O–H groups in total. The smallest absolute Gasteiger partial charge is 0.234 e. The van der Waals surface area contributed by atoms with Crippen LogP contribution in [-0.2, 0) is 11.3 Å². The van der Waals surface area contributed by atoms with E-state index in [9.17, 15) is 4.79 Å². The van der Waals surface area contributed by atoms with Crippen molar-refractivity contribution in [2.45, 2.75) is 45.2 Å². The molecule has 1 amide bonds. The molecule has 28 heavy (non-hydrogen) atoms. The van der Waals surface area contributed by atoms with Gasteiger partial charge in [-0.1, -0.05) is 19.8 Å². The average Bonchev–Trinajstić information content (AvgIpc) is 3.35. The van der Waals surface area contributed by atoms with E-state index in [0.29, 0.717) is 12.6 Å². The molecule has 2 fully saturated rings. The molecule has 7 heteroatoms. The number of carbonyl (C=O) groups is 1. The van der Waals surface area contributed by atoms with Crippen LogP contribution in [0.2, 0.25) is 0 Å². The Balaban J connectivity index is 1.19. The maximum Gasteiger partial charge on any atom is 0.234 e. The Morgan fingerprint density at radius 2 is 2.11 bits per heavy atom.